The Bertz CT molecular complexity index is 678. The molecule has 0 aliphatic rings. The Morgan fingerprint density at radius 3 is 2.53 bits per heavy atom. The molecular formula is C13H13N2O3S. The SMILES string of the molecule is O=[C]NCCNS(=O)(=O)c1cccc2ccccc12. The highest BCUT2D eigenvalue weighted by Gasteiger charge is 2.15. The summed E-state index contributed by atoms with van der Waals surface area (Å²) in [5.41, 5.74) is 0. The fourth-order valence-electron chi connectivity index (χ4n) is 1.81. The maximum absolute atomic E-state index is 12.2. The molecule has 0 fully saturated rings. The number of hydrogen-bond donors (Lipinski definition) is 2. The molecule has 0 atom stereocenters. The van der Waals surface area contributed by atoms with Gasteiger partial charge in [-0.25, -0.2) is 13.1 Å². The topological polar surface area (TPSA) is 75.3 Å². The predicted octanol–water partition coefficient (Wildman–Crippen LogP) is 0.775. The predicted molar refractivity (Wildman–Crippen MR) is 72.8 cm³/mol. The first-order valence-electron chi connectivity index (χ1n) is 5.72. The molecule has 2 N–H and O–H groups in total. The molecule has 0 unspecified atom stereocenters. The molecule has 99 valence electrons. The van der Waals surface area contributed by atoms with E-state index in [2.05, 4.69) is 10.0 Å². The fraction of sp³-hybridized carbons (Fsp3) is 0.154. The van der Waals surface area contributed by atoms with Gasteiger partial charge in [-0.3, -0.25) is 4.79 Å². The molecule has 2 aromatic carbocycles. The van der Waals surface area contributed by atoms with Crippen LogP contribution in [0.4, 0.5) is 0 Å². The summed E-state index contributed by atoms with van der Waals surface area (Å²) in [7, 11) is -3.59. The monoisotopic (exact) mass is 277 g/mol. The van der Waals surface area contributed by atoms with Crippen LogP contribution in [0.3, 0.4) is 0 Å². The molecule has 1 amide bonds. The molecule has 2 aromatic rings. The maximum atomic E-state index is 12.2. The molecule has 6 heteroatoms. The van der Waals surface area contributed by atoms with Gasteiger partial charge in [-0.05, 0) is 11.5 Å². The van der Waals surface area contributed by atoms with Gasteiger partial charge < -0.3 is 5.32 Å². The normalized spacial score (nSPS) is 11.4. The summed E-state index contributed by atoms with van der Waals surface area (Å²) in [6.07, 6.45) is 1.49. The van der Waals surface area contributed by atoms with Gasteiger partial charge in [0, 0.05) is 18.5 Å². The summed E-state index contributed by atoms with van der Waals surface area (Å²) < 4.78 is 26.8. The van der Waals surface area contributed by atoms with Gasteiger partial charge in [-0.1, -0.05) is 36.4 Å². The minimum absolute atomic E-state index is 0.126. The molecule has 0 aliphatic carbocycles. The number of fused-ring (bicyclic) bond motifs is 1. The van der Waals surface area contributed by atoms with E-state index in [-0.39, 0.29) is 18.0 Å². The Morgan fingerprint density at radius 2 is 1.74 bits per heavy atom. The molecule has 0 spiro atoms. The summed E-state index contributed by atoms with van der Waals surface area (Å²) in [5.74, 6) is 0. The molecule has 19 heavy (non-hydrogen) atoms. The molecular weight excluding hydrogens is 264 g/mol. The van der Waals surface area contributed by atoms with E-state index in [4.69, 9.17) is 0 Å². The minimum Gasteiger partial charge on any atom is -0.347 e. The highest BCUT2D eigenvalue weighted by atomic mass is 32.2. The minimum atomic E-state index is -3.59. The quantitative estimate of drug-likeness (QED) is 0.605. The molecule has 0 aromatic heterocycles. The van der Waals surface area contributed by atoms with Crippen molar-refractivity contribution in [1.82, 2.24) is 10.0 Å². The van der Waals surface area contributed by atoms with Crippen LogP contribution in [-0.4, -0.2) is 27.9 Å². The highest BCUT2D eigenvalue weighted by Crippen LogP contribution is 2.22. The van der Waals surface area contributed by atoms with Crippen LogP contribution < -0.4 is 10.0 Å². The molecule has 0 saturated carbocycles. The van der Waals surface area contributed by atoms with E-state index < -0.39 is 10.0 Å². The first-order chi connectivity index (χ1) is 9.15. The van der Waals surface area contributed by atoms with Crippen molar-refractivity contribution in [2.75, 3.05) is 13.1 Å². The Balaban J connectivity index is 2.30. The largest absolute Gasteiger partial charge is 0.347 e. The second-order valence-corrected chi connectivity index (χ2v) is 5.64. The van der Waals surface area contributed by atoms with E-state index in [9.17, 15) is 13.2 Å². The number of sulfonamides is 1. The van der Waals surface area contributed by atoms with Crippen molar-refractivity contribution < 1.29 is 13.2 Å². The van der Waals surface area contributed by atoms with Crippen molar-refractivity contribution in [3.8, 4) is 0 Å². The first-order valence-corrected chi connectivity index (χ1v) is 7.21. The molecule has 2 rings (SSSR count). The third-order valence-corrected chi connectivity index (χ3v) is 4.17. The summed E-state index contributed by atoms with van der Waals surface area (Å²) in [6.45, 7) is 0.328. The summed E-state index contributed by atoms with van der Waals surface area (Å²) >= 11 is 0. The zero-order valence-electron chi connectivity index (χ0n) is 10.1. The Morgan fingerprint density at radius 1 is 1.00 bits per heavy atom. The van der Waals surface area contributed by atoms with E-state index in [1.165, 1.54) is 6.41 Å². The van der Waals surface area contributed by atoms with Crippen molar-refractivity contribution in [2.24, 2.45) is 0 Å². The van der Waals surface area contributed by atoms with Gasteiger partial charge in [-0.2, -0.15) is 0 Å². The van der Waals surface area contributed by atoms with Crippen molar-refractivity contribution in [2.45, 2.75) is 4.90 Å². The smallest absolute Gasteiger partial charge is 0.309 e. The lowest BCUT2D eigenvalue weighted by molar-refractivity contribution is 0.540. The van der Waals surface area contributed by atoms with Crippen molar-refractivity contribution >= 4 is 27.2 Å². The Labute approximate surface area is 111 Å². The second-order valence-electron chi connectivity index (χ2n) is 3.90. The van der Waals surface area contributed by atoms with Gasteiger partial charge >= 0.3 is 6.41 Å². The van der Waals surface area contributed by atoms with Gasteiger partial charge in [0.15, 0.2) is 0 Å². The van der Waals surface area contributed by atoms with E-state index in [0.717, 1.165) is 5.39 Å². The third-order valence-electron chi connectivity index (χ3n) is 2.65. The number of benzene rings is 2. The Kier molecular flexibility index (Phi) is 4.13. The van der Waals surface area contributed by atoms with Gasteiger partial charge in [0.2, 0.25) is 10.0 Å². The molecule has 0 bridgehead atoms. The lowest BCUT2D eigenvalue weighted by Gasteiger charge is -2.09. The van der Waals surface area contributed by atoms with Gasteiger partial charge in [0.1, 0.15) is 0 Å². The fourth-order valence-corrected chi connectivity index (χ4v) is 3.07. The number of rotatable bonds is 6. The summed E-state index contributed by atoms with van der Waals surface area (Å²) in [4.78, 5) is 10.2. The first kappa shape index (κ1) is 13.5. The Hall–Kier alpha value is -1.92. The summed E-state index contributed by atoms with van der Waals surface area (Å²) in [6, 6.07) is 12.4. The van der Waals surface area contributed by atoms with Crippen LogP contribution in [0.2, 0.25) is 0 Å². The van der Waals surface area contributed by atoms with Crippen LogP contribution >= 0.6 is 0 Å². The zero-order chi connectivity index (χ0) is 13.7. The van der Waals surface area contributed by atoms with Gasteiger partial charge in [0.05, 0.1) is 4.90 Å². The number of nitrogens with one attached hydrogen (secondary N) is 2. The van der Waals surface area contributed by atoms with Crippen molar-refractivity contribution in [1.29, 1.82) is 0 Å². The van der Waals surface area contributed by atoms with Crippen molar-refractivity contribution in [3.05, 3.63) is 42.5 Å². The van der Waals surface area contributed by atoms with E-state index in [1.807, 2.05) is 18.2 Å². The van der Waals surface area contributed by atoms with Crippen LogP contribution in [0.5, 0.6) is 0 Å². The van der Waals surface area contributed by atoms with Gasteiger partial charge in [-0.15, -0.1) is 0 Å². The molecule has 0 heterocycles. The molecule has 0 aliphatic heterocycles. The standard InChI is InChI=1S/C13H13N2O3S/c16-10-14-8-9-15-19(17,18)13-7-3-5-11-4-1-2-6-12(11)13/h1-7,15H,8-9H2,(H,14,16). The molecule has 5 nitrogen and oxygen atoms in total. The average Bonchev–Trinajstić information content (AvgIpc) is 2.43. The molecule has 1 radical (unpaired) electrons. The lowest BCUT2D eigenvalue weighted by atomic mass is 10.1. The highest BCUT2D eigenvalue weighted by molar-refractivity contribution is 7.89. The van der Waals surface area contributed by atoms with E-state index in [0.29, 0.717) is 5.39 Å². The number of hydrogen-bond acceptors (Lipinski definition) is 3. The second kappa shape index (κ2) is 5.81. The number of carbonyl (C=O) groups excluding carboxylic acids is 1. The summed E-state index contributed by atoms with van der Waals surface area (Å²) in [5, 5.41) is 3.82. The van der Waals surface area contributed by atoms with Gasteiger partial charge in [0.25, 0.3) is 0 Å². The van der Waals surface area contributed by atoms with Crippen molar-refractivity contribution in [3.63, 3.8) is 0 Å². The molecule has 0 saturated heterocycles. The van der Waals surface area contributed by atoms with Crippen LogP contribution in [0.15, 0.2) is 47.4 Å². The van der Waals surface area contributed by atoms with Crippen LogP contribution in [0.1, 0.15) is 0 Å². The van der Waals surface area contributed by atoms with E-state index >= 15 is 0 Å². The lowest BCUT2D eigenvalue weighted by Crippen LogP contribution is -2.31. The van der Waals surface area contributed by atoms with Crippen LogP contribution in [0.25, 0.3) is 10.8 Å². The van der Waals surface area contributed by atoms with Crippen LogP contribution in [0, 0.1) is 0 Å². The zero-order valence-corrected chi connectivity index (χ0v) is 10.9. The van der Waals surface area contributed by atoms with Crippen LogP contribution in [-0.2, 0) is 14.8 Å². The average molecular weight is 277 g/mol. The number of amides is 1. The maximum Gasteiger partial charge on any atom is 0.309 e. The van der Waals surface area contributed by atoms with E-state index in [1.54, 1.807) is 24.3 Å². The third kappa shape index (κ3) is 3.10.